The zero-order valence-corrected chi connectivity index (χ0v) is 28.3. The highest BCUT2D eigenvalue weighted by molar-refractivity contribution is 5.88. The minimum absolute atomic E-state index is 0.0971. The summed E-state index contributed by atoms with van der Waals surface area (Å²) < 4.78 is 0. The van der Waals surface area contributed by atoms with Gasteiger partial charge in [0.25, 0.3) is 0 Å². The van der Waals surface area contributed by atoms with E-state index < -0.39 is 0 Å². The lowest BCUT2D eigenvalue weighted by Crippen LogP contribution is -2.14. The molecule has 0 unspecified atom stereocenters. The van der Waals surface area contributed by atoms with Gasteiger partial charge in [-0.1, -0.05) is 136 Å². The van der Waals surface area contributed by atoms with Crippen molar-refractivity contribution in [3.63, 3.8) is 0 Å². The summed E-state index contributed by atoms with van der Waals surface area (Å²) in [6, 6.07) is 66.6. The van der Waals surface area contributed by atoms with Crippen LogP contribution in [0.1, 0.15) is 26.3 Å². The average Bonchev–Trinajstić information content (AvgIpc) is 3.14. The van der Waals surface area contributed by atoms with Gasteiger partial charge in [-0.05, 0) is 89.3 Å². The van der Waals surface area contributed by atoms with E-state index in [2.05, 4.69) is 224 Å². The van der Waals surface area contributed by atoms with Gasteiger partial charge in [0.1, 0.15) is 0 Å². The molecule has 0 saturated carbocycles. The van der Waals surface area contributed by atoms with Crippen molar-refractivity contribution in [2.24, 2.45) is 0 Å². The molecule has 7 aromatic rings. The molecule has 0 aliphatic heterocycles. The normalized spacial score (nSPS) is 11.2. The van der Waals surface area contributed by atoms with Crippen molar-refractivity contribution in [1.82, 2.24) is 0 Å². The highest BCUT2D eigenvalue weighted by Gasteiger charge is 2.19. The van der Waals surface area contributed by atoms with Crippen LogP contribution in [-0.2, 0) is 5.41 Å². The Morgan fingerprint density at radius 3 is 1.18 bits per heavy atom. The summed E-state index contributed by atoms with van der Waals surface area (Å²) >= 11 is 0. The van der Waals surface area contributed by atoms with Crippen LogP contribution in [0.25, 0.3) is 11.1 Å². The predicted molar refractivity (Wildman–Crippen MR) is 210 cm³/mol. The van der Waals surface area contributed by atoms with Crippen molar-refractivity contribution in [2.75, 3.05) is 15.1 Å². The Balaban J connectivity index is 1.40. The van der Waals surface area contributed by atoms with Gasteiger partial charge in [-0.2, -0.15) is 0 Å². The highest BCUT2D eigenvalue weighted by Crippen LogP contribution is 2.43. The maximum atomic E-state index is 3.86. The number of anilines is 8. The summed E-state index contributed by atoms with van der Waals surface area (Å²) in [5.41, 5.74) is 12.2. The third kappa shape index (κ3) is 7.12. The molecule has 49 heavy (non-hydrogen) atoms. The summed E-state index contributed by atoms with van der Waals surface area (Å²) in [6.45, 7) is 6.76. The minimum atomic E-state index is 0.0971. The number of nitrogens with one attached hydrogen (secondary N) is 1. The van der Waals surface area contributed by atoms with E-state index in [4.69, 9.17) is 0 Å². The molecular weight excluding hydrogens is 595 g/mol. The number of para-hydroxylation sites is 5. The van der Waals surface area contributed by atoms with E-state index in [1.54, 1.807) is 0 Å². The fourth-order valence-corrected chi connectivity index (χ4v) is 6.28. The topological polar surface area (TPSA) is 18.5 Å². The van der Waals surface area contributed by atoms with Crippen LogP contribution in [0.2, 0.25) is 0 Å². The van der Waals surface area contributed by atoms with Gasteiger partial charge >= 0.3 is 0 Å². The first-order valence-corrected chi connectivity index (χ1v) is 16.9. The van der Waals surface area contributed by atoms with Crippen LogP contribution in [0.5, 0.6) is 0 Å². The molecule has 0 atom stereocenters. The quantitative estimate of drug-likeness (QED) is 0.170. The van der Waals surface area contributed by atoms with Crippen LogP contribution in [0, 0.1) is 0 Å². The van der Waals surface area contributed by atoms with Crippen molar-refractivity contribution in [2.45, 2.75) is 26.2 Å². The van der Waals surface area contributed by atoms with E-state index in [1.165, 1.54) is 11.1 Å². The number of hydrogen-bond acceptors (Lipinski definition) is 3. The molecule has 0 amide bonds. The van der Waals surface area contributed by atoms with Crippen molar-refractivity contribution in [3.8, 4) is 11.1 Å². The Bertz CT molecular complexity index is 1920. The van der Waals surface area contributed by atoms with Crippen LogP contribution in [0.3, 0.4) is 0 Å². The van der Waals surface area contributed by atoms with Crippen LogP contribution in [0.4, 0.5) is 45.5 Å². The Kier molecular flexibility index (Phi) is 8.99. The second kappa shape index (κ2) is 14.0. The molecule has 0 bridgehead atoms. The van der Waals surface area contributed by atoms with Crippen LogP contribution in [-0.4, -0.2) is 0 Å². The van der Waals surface area contributed by atoms with E-state index in [1.807, 2.05) is 0 Å². The molecular formula is C46H41N3. The lowest BCUT2D eigenvalue weighted by Gasteiger charge is -2.30. The molecule has 0 aliphatic rings. The molecule has 3 nitrogen and oxygen atoms in total. The summed E-state index contributed by atoms with van der Waals surface area (Å²) in [5.74, 6) is 0. The number of hydrogen-bond donors (Lipinski definition) is 1. The summed E-state index contributed by atoms with van der Waals surface area (Å²) in [6.07, 6.45) is 0. The number of nitrogens with zero attached hydrogens (tertiary/aromatic N) is 2. The average molecular weight is 636 g/mol. The van der Waals surface area contributed by atoms with E-state index in [-0.39, 0.29) is 5.41 Å². The van der Waals surface area contributed by atoms with Crippen LogP contribution >= 0.6 is 0 Å². The van der Waals surface area contributed by atoms with Gasteiger partial charge in [0, 0.05) is 39.7 Å². The first kappa shape index (κ1) is 31.5. The van der Waals surface area contributed by atoms with Gasteiger partial charge in [0.05, 0.1) is 11.4 Å². The third-order valence-electron chi connectivity index (χ3n) is 8.74. The maximum absolute atomic E-state index is 3.86. The molecule has 0 aliphatic carbocycles. The van der Waals surface area contributed by atoms with E-state index >= 15 is 0 Å². The zero-order valence-electron chi connectivity index (χ0n) is 28.3. The Hall–Kier alpha value is -6.06. The fraction of sp³-hybridized carbons (Fsp3) is 0.0870. The Labute approximate surface area is 290 Å². The molecule has 0 fully saturated rings. The molecule has 3 heteroatoms. The van der Waals surface area contributed by atoms with E-state index in [0.29, 0.717) is 0 Å². The third-order valence-corrected chi connectivity index (χ3v) is 8.74. The molecule has 1 N–H and O–H groups in total. The van der Waals surface area contributed by atoms with E-state index in [9.17, 15) is 0 Å². The molecule has 0 heterocycles. The smallest absolute Gasteiger partial charge is 0.0503 e. The first-order chi connectivity index (χ1) is 23.9. The molecule has 240 valence electrons. The molecule has 0 aromatic heterocycles. The Morgan fingerprint density at radius 1 is 0.388 bits per heavy atom. The monoisotopic (exact) mass is 635 g/mol. The summed E-state index contributed by atoms with van der Waals surface area (Å²) in [5, 5.41) is 3.86. The van der Waals surface area contributed by atoms with Gasteiger partial charge in [-0.25, -0.2) is 0 Å². The second-order valence-corrected chi connectivity index (χ2v) is 13.2. The Morgan fingerprint density at radius 2 is 0.776 bits per heavy atom. The number of rotatable bonds is 9. The van der Waals surface area contributed by atoms with Gasteiger partial charge in [-0.15, -0.1) is 0 Å². The largest absolute Gasteiger partial charge is 0.355 e. The molecule has 0 spiro atoms. The van der Waals surface area contributed by atoms with Crippen molar-refractivity contribution in [3.05, 3.63) is 194 Å². The number of benzene rings is 7. The summed E-state index contributed by atoms with van der Waals surface area (Å²) in [4.78, 5) is 4.64. The first-order valence-electron chi connectivity index (χ1n) is 16.9. The fourth-order valence-electron chi connectivity index (χ4n) is 6.28. The van der Waals surface area contributed by atoms with Crippen LogP contribution < -0.4 is 15.1 Å². The van der Waals surface area contributed by atoms with Crippen molar-refractivity contribution < 1.29 is 0 Å². The molecule has 0 saturated heterocycles. The van der Waals surface area contributed by atoms with Gasteiger partial charge in [-0.3, -0.25) is 0 Å². The van der Waals surface area contributed by atoms with E-state index in [0.717, 1.165) is 51.1 Å². The highest BCUT2D eigenvalue weighted by atomic mass is 15.2. The van der Waals surface area contributed by atoms with Gasteiger partial charge < -0.3 is 15.1 Å². The molecule has 7 rings (SSSR count). The standard InChI is InChI=1S/C46H41N3/c1-46(2,3)36-30-28-35(29-31-36)44-26-16-17-27-45(44)47-37-32-42(48(38-18-8-4-9-19-38)39-20-10-5-11-21-39)34-43(33-37)49(40-22-12-6-13-23-40)41-24-14-7-15-25-41/h4-34,47H,1-3H3. The van der Waals surface area contributed by atoms with Crippen molar-refractivity contribution >= 4 is 45.5 Å². The summed E-state index contributed by atoms with van der Waals surface area (Å²) in [7, 11) is 0. The molecule has 7 aromatic carbocycles. The SMILES string of the molecule is CC(C)(C)c1ccc(-c2ccccc2Nc2cc(N(c3ccccc3)c3ccccc3)cc(N(c3ccccc3)c3ccccc3)c2)cc1. The van der Waals surface area contributed by atoms with Crippen LogP contribution in [0.15, 0.2) is 188 Å². The zero-order chi connectivity index (χ0) is 33.6. The maximum Gasteiger partial charge on any atom is 0.0503 e. The van der Waals surface area contributed by atoms with Gasteiger partial charge in [0.2, 0.25) is 0 Å². The van der Waals surface area contributed by atoms with Crippen molar-refractivity contribution in [1.29, 1.82) is 0 Å². The predicted octanol–water partition coefficient (Wildman–Crippen LogP) is 13.3. The van der Waals surface area contributed by atoms with Gasteiger partial charge in [0.15, 0.2) is 0 Å². The lowest BCUT2D eigenvalue weighted by molar-refractivity contribution is 0.590. The molecule has 0 radical (unpaired) electrons. The minimum Gasteiger partial charge on any atom is -0.355 e. The lowest BCUT2D eigenvalue weighted by atomic mass is 9.86. The second-order valence-electron chi connectivity index (χ2n) is 13.2.